The Morgan fingerprint density at radius 2 is 1.76 bits per heavy atom. The highest BCUT2D eigenvalue weighted by Crippen LogP contribution is 2.21. The zero-order chi connectivity index (χ0) is 15.0. The third-order valence-corrected chi connectivity index (χ3v) is 3.64. The van der Waals surface area contributed by atoms with Crippen molar-refractivity contribution >= 4 is 17.2 Å². The van der Waals surface area contributed by atoms with Crippen molar-refractivity contribution in [3.05, 3.63) is 65.1 Å². The fourth-order valence-electron chi connectivity index (χ4n) is 2.57. The van der Waals surface area contributed by atoms with E-state index in [0.29, 0.717) is 5.69 Å². The van der Waals surface area contributed by atoms with Crippen LogP contribution < -0.4 is 5.32 Å². The average molecular weight is 279 g/mol. The molecule has 4 nitrogen and oxygen atoms in total. The lowest BCUT2D eigenvalue weighted by Crippen LogP contribution is -2.17. The van der Waals surface area contributed by atoms with Crippen LogP contribution in [-0.4, -0.2) is 15.3 Å². The van der Waals surface area contributed by atoms with Crippen molar-refractivity contribution < 1.29 is 4.79 Å². The number of carbonyl (C=O) groups excluding carboxylic acids is 1. The van der Waals surface area contributed by atoms with Crippen molar-refractivity contribution in [3.63, 3.8) is 0 Å². The van der Waals surface area contributed by atoms with Gasteiger partial charge in [-0.3, -0.25) is 9.20 Å². The van der Waals surface area contributed by atoms with Gasteiger partial charge >= 0.3 is 0 Å². The van der Waals surface area contributed by atoms with Gasteiger partial charge in [-0.2, -0.15) is 0 Å². The van der Waals surface area contributed by atoms with E-state index in [2.05, 4.69) is 10.3 Å². The summed E-state index contributed by atoms with van der Waals surface area (Å²) in [4.78, 5) is 17.1. The SMILES string of the molecule is Cc1cccc(C)c1NC(=O)c1c(C)nc2ccccn12. The molecule has 2 aromatic heterocycles. The first kappa shape index (κ1) is 13.4. The van der Waals surface area contributed by atoms with E-state index in [1.165, 1.54) is 0 Å². The fraction of sp³-hybridized carbons (Fsp3) is 0.176. The third kappa shape index (κ3) is 2.29. The molecule has 0 saturated carbocycles. The summed E-state index contributed by atoms with van der Waals surface area (Å²) >= 11 is 0. The summed E-state index contributed by atoms with van der Waals surface area (Å²) in [6.07, 6.45) is 1.86. The van der Waals surface area contributed by atoms with E-state index in [1.54, 1.807) is 0 Å². The summed E-state index contributed by atoms with van der Waals surface area (Å²) < 4.78 is 1.82. The molecule has 0 fully saturated rings. The number of hydrogen-bond donors (Lipinski definition) is 1. The largest absolute Gasteiger partial charge is 0.320 e. The normalized spacial score (nSPS) is 10.8. The molecule has 0 aliphatic carbocycles. The van der Waals surface area contributed by atoms with Crippen molar-refractivity contribution in [3.8, 4) is 0 Å². The molecule has 21 heavy (non-hydrogen) atoms. The molecule has 0 spiro atoms. The average Bonchev–Trinajstić information content (AvgIpc) is 2.78. The number of hydrogen-bond acceptors (Lipinski definition) is 2. The number of para-hydroxylation sites is 1. The van der Waals surface area contributed by atoms with Gasteiger partial charge in [-0.25, -0.2) is 4.98 Å². The number of pyridine rings is 1. The van der Waals surface area contributed by atoms with E-state index in [-0.39, 0.29) is 5.91 Å². The van der Waals surface area contributed by atoms with Crippen LogP contribution in [0.1, 0.15) is 27.3 Å². The molecule has 0 aliphatic rings. The monoisotopic (exact) mass is 279 g/mol. The van der Waals surface area contributed by atoms with Crippen molar-refractivity contribution in [1.29, 1.82) is 0 Å². The van der Waals surface area contributed by atoms with Crippen LogP contribution in [0.5, 0.6) is 0 Å². The molecule has 0 bridgehead atoms. The number of nitrogens with zero attached hydrogens (tertiary/aromatic N) is 2. The molecule has 4 heteroatoms. The van der Waals surface area contributed by atoms with Gasteiger partial charge in [0.05, 0.1) is 5.69 Å². The first-order valence-electron chi connectivity index (χ1n) is 6.89. The van der Waals surface area contributed by atoms with Gasteiger partial charge in [-0.15, -0.1) is 0 Å². The Morgan fingerprint density at radius 1 is 1.05 bits per heavy atom. The lowest BCUT2D eigenvalue weighted by molar-refractivity contribution is 0.102. The molecule has 1 N–H and O–H groups in total. The second-order valence-corrected chi connectivity index (χ2v) is 5.20. The number of aromatic nitrogens is 2. The first-order valence-corrected chi connectivity index (χ1v) is 6.89. The Bertz CT molecular complexity index is 813. The van der Waals surface area contributed by atoms with E-state index in [1.807, 2.05) is 67.8 Å². The summed E-state index contributed by atoms with van der Waals surface area (Å²) in [5.41, 5.74) is 5.05. The lowest BCUT2D eigenvalue weighted by atomic mass is 10.1. The minimum Gasteiger partial charge on any atom is -0.320 e. The van der Waals surface area contributed by atoms with E-state index in [4.69, 9.17) is 0 Å². The number of carbonyl (C=O) groups is 1. The van der Waals surface area contributed by atoms with Crippen LogP contribution in [0.2, 0.25) is 0 Å². The van der Waals surface area contributed by atoms with E-state index < -0.39 is 0 Å². The maximum atomic E-state index is 12.6. The summed E-state index contributed by atoms with van der Waals surface area (Å²) in [6.45, 7) is 5.83. The van der Waals surface area contributed by atoms with Gasteiger partial charge in [-0.1, -0.05) is 24.3 Å². The fourth-order valence-corrected chi connectivity index (χ4v) is 2.57. The number of nitrogens with one attached hydrogen (secondary N) is 1. The number of imidazole rings is 1. The summed E-state index contributed by atoms with van der Waals surface area (Å²) in [5, 5.41) is 3.01. The van der Waals surface area contributed by atoms with Crippen LogP contribution in [-0.2, 0) is 0 Å². The number of amides is 1. The Hall–Kier alpha value is -2.62. The second kappa shape index (κ2) is 5.05. The van der Waals surface area contributed by atoms with Gasteiger partial charge in [-0.05, 0) is 44.0 Å². The smallest absolute Gasteiger partial charge is 0.274 e. The van der Waals surface area contributed by atoms with E-state index in [0.717, 1.165) is 28.2 Å². The molecule has 0 atom stereocenters. The van der Waals surface area contributed by atoms with Gasteiger partial charge in [0, 0.05) is 11.9 Å². The topological polar surface area (TPSA) is 46.4 Å². The van der Waals surface area contributed by atoms with Gasteiger partial charge in [0.2, 0.25) is 0 Å². The molecular formula is C17H17N3O. The van der Waals surface area contributed by atoms with Crippen LogP contribution in [0.4, 0.5) is 5.69 Å². The predicted octanol–water partition coefficient (Wildman–Crippen LogP) is 3.51. The first-order chi connectivity index (χ1) is 10.1. The van der Waals surface area contributed by atoms with Crippen molar-refractivity contribution in [2.24, 2.45) is 0 Å². The van der Waals surface area contributed by atoms with Crippen molar-refractivity contribution in [2.45, 2.75) is 20.8 Å². The van der Waals surface area contributed by atoms with Crippen LogP contribution in [0.25, 0.3) is 5.65 Å². The number of anilines is 1. The lowest BCUT2D eigenvalue weighted by Gasteiger charge is -2.11. The molecule has 3 rings (SSSR count). The molecule has 0 unspecified atom stereocenters. The van der Waals surface area contributed by atoms with Crippen LogP contribution in [0, 0.1) is 20.8 Å². The van der Waals surface area contributed by atoms with Gasteiger partial charge in [0.1, 0.15) is 11.3 Å². The number of rotatable bonds is 2. The maximum absolute atomic E-state index is 12.6. The van der Waals surface area contributed by atoms with E-state index >= 15 is 0 Å². The maximum Gasteiger partial charge on any atom is 0.274 e. The molecule has 1 aromatic carbocycles. The number of fused-ring (bicyclic) bond motifs is 1. The molecule has 3 aromatic rings. The van der Waals surface area contributed by atoms with Crippen LogP contribution >= 0.6 is 0 Å². The van der Waals surface area contributed by atoms with Crippen LogP contribution in [0.15, 0.2) is 42.6 Å². The molecular weight excluding hydrogens is 262 g/mol. The highest BCUT2D eigenvalue weighted by Gasteiger charge is 2.17. The Morgan fingerprint density at radius 3 is 2.48 bits per heavy atom. The summed E-state index contributed by atoms with van der Waals surface area (Å²) in [5.74, 6) is -0.136. The molecule has 1 amide bonds. The van der Waals surface area contributed by atoms with E-state index in [9.17, 15) is 4.79 Å². The van der Waals surface area contributed by atoms with Gasteiger partial charge in [0.15, 0.2) is 0 Å². The Labute approximate surface area is 123 Å². The van der Waals surface area contributed by atoms with Crippen LogP contribution in [0.3, 0.4) is 0 Å². The zero-order valence-corrected chi connectivity index (χ0v) is 12.3. The Balaban J connectivity index is 2.04. The molecule has 2 heterocycles. The minimum atomic E-state index is -0.136. The van der Waals surface area contributed by atoms with Crippen molar-refractivity contribution in [1.82, 2.24) is 9.38 Å². The third-order valence-electron chi connectivity index (χ3n) is 3.64. The second-order valence-electron chi connectivity index (χ2n) is 5.20. The molecule has 106 valence electrons. The highest BCUT2D eigenvalue weighted by atomic mass is 16.2. The summed E-state index contributed by atoms with van der Waals surface area (Å²) in [7, 11) is 0. The highest BCUT2D eigenvalue weighted by molar-refractivity contribution is 6.05. The number of aryl methyl sites for hydroxylation is 3. The number of benzene rings is 1. The summed E-state index contributed by atoms with van der Waals surface area (Å²) in [6, 6.07) is 11.7. The minimum absolute atomic E-state index is 0.136. The quantitative estimate of drug-likeness (QED) is 0.780. The molecule has 0 aliphatic heterocycles. The predicted molar refractivity (Wildman–Crippen MR) is 83.8 cm³/mol. The standard InChI is InChI=1S/C17H17N3O/c1-11-7-6-8-12(2)15(11)19-17(21)16-13(3)18-14-9-4-5-10-20(14)16/h4-10H,1-3H3,(H,19,21). The van der Waals surface area contributed by atoms with Gasteiger partial charge in [0.25, 0.3) is 5.91 Å². The molecule has 0 saturated heterocycles. The Kier molecular flexibility index (Phi) is 3.22. The van der Waals surface area contributed by atoms with Gasteiger partial charge < -0.3 is 5.32 Å². The van der Waals surface area contributed by atoms with Crippen molar-refractivity contribution in [2.75, 3.05) is 5.32 Å². The molecule has 0 radical (unpaired) electrons. The zero-order valence-electron chi connectivity index (χ0n) is 12.3.